The normalized spacial score (nSPS) is 19.2. The Labute approximate surface area is 287 Å². The smallest absolute Gasteiger partial charge is 0.307 e. The van der Waals surface area contributed by atoms with Crippen molar-refractivity contribution < 1.29 is 24.2 Å². The molecule has 6 rings (SSSR count). The van der Waals surface area contributed by atoms with Crippen molar-refractivity contribution in [2.24, 2.45) is 17.8 Å². The summed E-state index contributed by atoms with van der Waals surface area (Å²) in [7, 11) is 4.90. The number of benzene rings is 2. The van der Waals surface area contributed by atoms with Gasteiger partial charge in [0.15, 0.2) is 0 Å². The molecule has 1 saturated carbocycles. The van der Waals surface area contributed by atoms with E-state index in [1.807, 2.05) is 56.3 Å². The average Bonchev–Trinajstić information content (AvgIpc) is 3.35. The number of pyridine rings is 1. The van der Waals surface area contributed by atoms with Crippen molar-refractivity contribution in [3.63, 3.8) is 0 Å². The van der Waals surface area contributed by atoms with Crippen LogP contribution < -0.4 is 15.4 Å². The molecule has 3 N–H and O–H groups in total. The van der Waals surface area contributed by atoms with Gasteiger partial charge in [0.25, 0.3) is 11.8 Å². The number of carbonyl (C=O) groups is 3. The summed E-state index contributed by atoms with van der Waals surface area (Å²) in [5.41, 5.74) is 7.24. The van der Waals surface area contributed by atoms with E-state index in [4.69, 9.17) is 26.4 Å². The maximum Gasteiger partial charge on any atom is 0.307 e. The molecule has 252 valence electrons. The second kappa shape index (κ2) is 15.2. The molecule has 3 aliphatic rings. The van der Waals surface area contributed by atoms with Crippen molar-refractivity contribution in [3.05, 3.63) is 88.0 Å². The number of aromatic nitrogens is 1. The van der Waals surface area contributed by atoms with Crippen LogP contribution in [0, 0.1) is 24.7 Å². The zero-order chi connectivity index (χ0) is 34.5. The number of rotatable bonds is 9. The van der Waals surface area contributed by atoms with Gasteiger partial charge in [0.1, 0.15) is 5.57 Å². The average molecular weight is 671 g/mol. The number of aliphatic carboxylic acids is 1. The zero-order valence-electron chi connectivity index (χ0n) is 28.1. The minimum absolute atomic E-state index is 0.00810. The number of anilines is 1. The minimum atomic E-state index is -0.605. The third kappa shape index (κ3) is 7.32. The molecule has 0 spiro atoms. The molecule has 3 aromatic rings. The number of halogens is 1. The number of carboxylic acids is 1. The predicted molar refractivity (Wildman–Crippen MR) is 189 cm³/mol. The molecule has 0 bridgehead atoms. The van der Waals surface area contributed by atoms with E-state index < -0.39 is 11.9 Å². The maximum absolute atomic E-state index is 13.2. The third-order valence-corrected chi connectivity index (χ3v) is 9.69. The lowest BCUT2D eigenvalue weighted by atomic mass is 9.96. The van der Waals surface area contributed by atoms with Gasteiger partial charge in [-0.15, -0.1) is 0 Å². The first-order valence-corrected chi connectivity index (χ1v) is 16.7. The van der Waals surface area contributed by atoms with E-state index in [1.54, 1.807) is 33.4 Å². The van der Waals surface area contributed by atoms with Crippen molar-refractivity contribution in [1.82, 2.24) is 15.2 Å². The summed E-state index contributed by atoms with van der Waals surface area (Å²) < 4.78 is 5.60. The standard InChI is InChI=1S/C32H34ClN3O3.C6H9NO2/c1-6-7-8-13-26(32(38)36(3)4)30(37)34-27-18-11-14-22(20(27)2)24-16-10-17-25(29(24)33)28-19-21-12-9-15-23(21)31(35-28)39-5;8-6(9)5-3-1-7-2-4(3)5/h7-8,10-11,13-14,16-19H,6,9,12,15H2,1-5H3,(H,34,37);3-5,7H,1-2H2,(H,8,9)/b8-7+,26-13-;. The van der Waals surface area contributed by atoms with Crippen molar-refractivity contribution >= 4 is 35.1 Å². The lowest BCUT2D eigenvalue weighted by molar-refractivity contribution is -0.139. The highest BCUT2D eigenvalue weighted by Crippen LogP contribution is 2.48. The van der Waals surface area contributed by atoms with Crippen molar-refractivity contribution in [1.29, 1.82) is 0 Å². The van der Waals surface area contributed by atoms with Crippen LogP contribution in [-0.2, 0) is 27.2 Å². The molecule has 2 heterocycles. The van der Waals surface area contributed by atoms with Gasteiger partial charge >= 0.3 is 5.97 Å². The number of piperidine rings is 1. The van der Waals surface area contributed by atoms with Crippen LogP contribution in [0.4, 0.5) is 5.69 Å². The van der Waals surface area contributed by atoms with Crippen LogP contribution in [-0.4, -0.2) is 67.1 Å². The summed E-state index contributed by atoms with van der Waals surface area (Å²) >= 11 is 7.02. The predicted octanol–water partition coefficient (Wildman–Crippen LogP) is 6.33. The van der Waals surface area contributed by atoms with Gasteiger partial charge in [0, 0.05) is 36.5 Å². The van der Waals surface area contributed by atoms with Gasteiger partial charge in [-0.2, -0.15) is 0 Å². The molecule has 2 atom stereocenters. The third-order valence-electron chi connectivity index (χ3n) is 9.28. The Balaban J connectivity index is 0.000000427. The fourth-order valence-corrected chi connectivity index (χ4v) is 6.94. The van der Waals surface area contributed by atoms with Crippen LogP contribution in [0.2, 0.25) is 5.02 Å². The number of hydrogen-bond donors (Lipinski definition) is 3. The Morgan fingerprint density at radius 1 is 1.08 bits per heavy atom. The summed E-state index contributed by atoms with van der Waals surface area (Å²) in [6.07, 6.45) is 9.04. The number of carboxylic acid groups (broad SMARTS) is 1. The highest BCUT2D eigenvalue weighted by Gasteiger charge is 2.57. The van der Waals surface area contributed by atoms with Crippen LogP contribution in [0.3, 0.4) is 0 Å². The highest BCUT2D eigenvalue weighted by molar-refractivity contribution is 6.36. The largest absolute Gasteiger partial charge is 0.481 e. The van der Waals surface area contributed by atoms with Gasteiger partial charge in [-0.3, -0.25) is 14.4 Å². The van der Waals surface area contributed by atoms with Gasteiger partial charge in [0.2, 0.25) is 5.88 Å². The van der Waals surface area contributed by atoms with E-state index in [-0.39, 0.29) is 17.4 Å². The quantitative estimate of drug-likeness (QED) is 0.105. The topological polar surface area (TPSA) is 121 Å². The van der Waals surface area contributed by atoms with Crippen molar-refractivity contribution in [2.45, 2.75) is 39.5 Å². The van der Waals surface area contributed by atoms with Gasteiger partial charge in [-0.05, 0) is 92.4 Å². The number of hydrogen-bond acceptors (Lipinski definition) is 6. The molecule has 2 unspecified atom stereocenters. The van der Waals surface area contributed by atoms with E-state index in [0.29, 0.717) is 28.4 Å². The van der Waals surface area contributed by atoms with E-state index >= 15 is 0 Å². The molecule has 0 radical (unpaired) electrons. The number of aryl methyl sites for hydroxylation is 1. The summed E-state index contributed by atoms with van der Waals surface area (Å²) in [5, 5.41) is 15.2. The molecule has 2 aromatic carbocycles. The number of carbonyl (C=O) groups excluding carboxylic acids is 2. The zero-order valence-corrected chi connectivity index (χ0v) is 28.9. The number of nitrogens with one attached hydrogen (secondary N) is 2. The summed E-state index contributed by atoms with van der Waals surface area (Å²) in [5.74, 6) is 0.133. The molecule has 2 fully saturated rings. The fourth-order valence-electron chi connectivity index (χ4n) is 6.61. The number of ether oxygens (including phenoxy) is 1. The number of allylic oxidation sites excluding steroid dienone is 3. The van der Waals surface area contributed by atoms with Gasteiger partial charge in [-0.25, -0.2) is 4.98 Å². The minimum Gasteiger partial charge on any atom is -0.481 e. The monoisotopic (exact) mass is 670 g/mol. The number of methoxy groups -OCH3 is 1. The molecule has 9 nitrogen and oxygen atoms in total. The van der Waals surface area contributed by atoms with Gasteiger partial charge in [-0.1, -0.05) is 61.0 Å². The van der Waals surface area contributed by atoms with Crippen molar-refractivity contribution in [2.75, 3.05) is 39.6 Å². The lowest BCUT2D eigenvalue weighted by Crippen LogP contribution is -2.30. The van der Waals surface area contributed by atoms with Crippen LogP contribution in [0.1, 0.15) is 36.5 Å². The fraction of sp³-hybridized carbons (Fsp3) is 0.368. The summed E-state index contributed by atoms with van der Waals surface area (Å²) in [6, 6.07) is 13.6. The Bertz CT molecular complexity index is 1770. The number of amides is 2. The molecular formula is C38H43ClN4O5. The Hall–Kier alpha value is -4.47. The maximum atomic E-state index is 13.2. The molecule has 2 aliphatic carbocycles. The van der Waals surface area contributed by atoms with E-state index in [9.17, 15) is 14.4 Å². The SMILES string of the molecule is CC/C=C/C=C(/C(=O)Nc1cccc(-c2cccc(-c3cc4c(c(OC)n3)CCC4)c2Cl)c1C)C(=O)N(C)C.O=C(O)C1C2CNCC21. The molecule has 2 amide bonds. The summed E-state index contributed by atoms with van der Waals surface area (Å²) in [6.45, 7) is 5.76. The van der Waals surface area contributed by atoms with E-state index in [1.165, 1.54) is 16.0 Å². The van der Waals surface area contributed by atoms with Crippen LogP contribution >= 0.6 is 11.6 Å². The second-order valence-corrected chi connectivity index (χ2v) is 13.0. The molecule has 1 aliphatic heterocycles. The molecule has 1 aromatic heterocycles. The second-order valence-electron chi connectivity index (χ2n) is 12.6. The number of nitrogens with zero attached hydrogens (tertiary/aromatic N) is 2. The Morgan fingerprint density at radius 2 is 1.77 bits per heavy atom. The molecule has 1 saturated heterocycles. The molecule has 48 heavy (non-hydrogen) atoms. The number of likely N-dealkylation sites (N-methyl/N-ethyl adjacent to an activating group) is 1. The first-order chi connectivity index (χ1) is 23.1. The number of fused-ring (bicyclic) bond motifs is 2. The van der Waals surface area contributed by atoms with Gasteiger partial charge < -0.3 is 25.4 Å². The Kier molecular flexibility index (Phi) is 11.0. The van der Waals surface area contributed by atoms with Crippen LogP contribution in [0.5, 0.6) is 5.88 Å². The van der Waals surface area contributed by atoms with E-state index in [0.717, 1.165) is 66.7 Å². The molecule has 10 heteroatoms. The lowest BCUT2D eigenvalue weighted by Gasteiger charge is -2.17. The van der Waals surface area contributed by atoms with Crippen LogP contribution in [0.25, 0.3) is 22.4 Å². The first-order valence-electron chi connectivity index (χ1n) is 16.4. The van der Waals surface area contributed by atoms with Gasteiger partial charge in [0.05, 0.1) is 23.7 Å². The first kappa shape index (κ1) is 34.9. The van der Waals surface area contributed by atoms with Crippen LogP contribution in [0.15, 0.2) is 66.3 Å². The highest BCUT2D eigenvalue weighted by atomic mass is 35.5. The van der Waals surface area contributed by atoms with E-state index in [2.05, 4.69) is 16.7 Å². The summed E-state index contributed by atoms with van der Waals surface area (Å²) in [4.78, 5) is 42.4. The van der Waals surface area contributed by atoms with Crippen molar-refractivity contribution in [3.8, 4) is 28.3 Å². The molecular weight excluding hydrogens is 628 g/mol. The Morgan fingerprint density at radius 3 is 2.42 bits per heavy atom.